The number of aliphatic hydroxyl groups is 1. The Hall–Kier alpha value is -2.83. The largest absolute Gasteiger partial charge is 0.497 e. The summed E-state index contributed by atoms with van der Waals surface area (Å²) in [5.74, 6) is 6.38. The van der Waals surface area contributed by atoms with Crippen molar-refractivity contribution in [2.75, 3.05) is 7.11 Å². The van der Waals surface area contributed by atoms with Crippen LogP contribution in [0.1, 0.15) is 5.56 Å². The zero-order valence-corrected chi connectivity index (χ0v) is 12.0. The Kier molecular flexibility index (Phi) is 3.54. The van der Waals surface area contributed by atoms with E-state index in [0.29, 0.717) is 0 Å². The smallest absolute Gasteiger partial charge is 0.178 e. The lowest BCUT2D eigenvalue weighted by Crippen LogP contribution is -2.23. The molecule has 0 heterocycles. The summed E-state index contributed by atoms with van der Waals surface area (Å²) in [6.07, 6.45) is 5.44. The van der Waals surface area contributed by atoms with E-state index in [1.54, 1.807) is 7.11 Å². The first-order valence-electron chi connectivity index (χ1n) is 6.84. The Labute approximate surface area is 128 Å². The molecule has 3 heteroatoms. The van der Waals surface area contributed by atoms with E-state index in [4.69, 9.17) is 4.74 Å². The predicted octanol–water partition coefficient (Wildman–Crippen LogP) is 2.63. The summed E-state index contributed by atoms with van der Waals surface area (Å²) in [4.78, 5) is 11.1. The summed E-state index contributed by atoms with van der Waals surface area (Å²) in [5.41, 5.74) is -0.590. The van der Waals surface area contributed by atoms with Gasteiger partial charge in [-0.25, -0.2) is 0 Å². The van der Waals surface area contributed by atoms with E-state index in [2.05, 4.69) is 11.8 Å². The fourth-order valence-corrected chi connectivity index (χ4v) is 2.21. The third kappa shape index (κ3) is 2.93. The van der Waals surface area contributed by atoms with Crippen molar-refractivity contribution in [3.8, 4) is 17.6 Å². The molecule has 0 amide bonds. The van der Waals surface area contributed by atoms with E-state index in [9.17, 15) is 9.90 Å². The topological polar surface area (TPSA) is 46.5 Å². The first kappa shape index (κ1) is 14.1. The van der Waals surface area contributed by atoms with E-state index in [1.807, 2.05) is 36.4 Å². The van der Waals surface area contributed by atoms with E-state index < -0.39 is 5.60 Å². The first-order chi connectivity index (χ1) is 10.6. The normalized spacial score (nSPS) is 15.5. The Balaban J connectivity index is 1.92. The molecule has 0 aliphatic heterocycles. The third-order valence-corrected chi connectivity index (χ3v) is 3.46. The van der Waals surface area contributed by atoms with Gasteiger partial charge in [-0.3, -0.25) is 4.79 Å². The van der Waals surface area contributed by atoms with Crippen molar-refractivity contribution in [1.82, 2.24) is 0 Å². The van der Waals surface area contributed by atoms with Gasteiger partial charge in [0.05, 0.1) is 7.11 Å². The molecule has 1 aliphatic carbocycles. The quantitative estimate of drug-likeness (QED) is 0.821. The number of rotatable bonds is 1. The minimum Gasteiger partial charge on any atom is -0.497 e. The maximum atomic E-state index is 11.1. The molecule has 22 heavy (non-hydrogen) atoms. The number of ether oxygens (including phenoxy) is 1. The fourth-order valence-electron chi connectivity index (χ4n) is 2.21. The lowest BCUT2D eigenvalue weighted by molar-refractivity contribution is -0.110. The van der Waals surface area contributed by atoms with Crippen molar-refractivity contribution in [1.29, 1.82) is 0 Å². The highest BCUT2D eigenvalue weighted by atomic mass is 16.5. The van der Waals surface area contributed by atoms with E-state index in [0.717, 1.165) is 22.1 Å². The monoisotopic (exact) mass is 290 g/mol. The van der Waals surface area contributed by atoms with Gasteiger partial charge >= 0.3 is 0 Å². The van der Waals surface area contributed by atoms with Crippen LogP contribution in [0, 0.1) is 11.8 Å². The molecular weight excluding hydrogens is 276 g/mol. The molecule has 0 unspecified atom stereocenters. The van der Waals surface area contributed by atoms with Crippen LogP contribution in [0.4, 0.5) is 0 Å². The highest BCUT2D eigenvalue weighted by Gasteiger charge is 2.19. The summed E-state index contributed by atoms with van der Waals surface area (Å²) < 4.78 is 5.20. The van der Waals surface area contributed by atoms with Crippen LogP contribution in [-0.4, -0.2) is 23.6 Å². The van der Waals surface area contributed by atoms with Gasteiger partial charge in [-0.05, 0) is 59.3 Å². The summed E-state index contributed by atoms with van der Waals surface area (Å²) in [6.45, 7) is 0. The van der Waals surface area contributed by atoms with Gasteiger partial charge in [0.1, 0.15) is 5.75 Å². The second-order valence-corrected chi connectivity index (χ2v) is 5.07. The van der Waals surface area contributed by atoms with Crippen LogP contribution in [0.5, 0.6) is 5.75 Å². The standard InChI is InChI=1S/C19H14O3/c1-22-18-5-4-15-12-14(2-3-16(15)13-18)6-9-19(21)10-7-17(20)8-11-19/h2-5,7-8,10-13,21H,1H3. The lowest BCUT2D eigenvalue weighted by atomic mass is 9.97. The summed E-state index contributed by atoms with van der Waals surface area (Å²) in [6, 6.07) is 11.6. The molecule has 0 fully saturated rings. The number of hydrogen-bond acceptors (Lipinski definition) is 3. The van der Waals surface area contributed by atoms with Gasteiger partial charge in [0, 0.05) is 5.56 Å². The molecule has 0 spiro atoms. The Morgan fingerprint density at radius 3 is 2.45 bits per heavy atom. The molecule has 0 radical (unpaired) electrons. The van der Waals surface area contributed by atoms with Crippen LogP contribution in [-0.2, 0) is 4.79 Å². The van der Waals surface area contributed by atoms with Crippen LogP contribution in [0.3, 0.4) is 0 Å². The maximum Gasteiger partial charge on any atom is 0.178 e. The molecule has 0 saturated carbocycles. The van der Waals surface area contributed by atoms with Gasteiger partial charge in [0.2, 0.25) is 0 Å². The Morgan fingerprint density at radius 2 is 1.73 bits per heavy atom. The second kappa shape index (κ2) is 5.51. The average Bonchev–Trinajstić information content (AvgIpc) is 2.55. The molecule has 2 aromatic carbocycles. The zero-order chi connectivity index (χ0) is 15.6. The second-order valence-electron chi connectivity index (χ2n) is 5.07. The molecular formula is C19H14O3. The average molecular weight is 290 g/mol. The number of allylic oxidation sites excluding steroid dienone is 2. The number of carbonyl (C=O) groups is 1. The number of hydrogen-bond donors (Lipinski definition) is 1. The molecule has 0 bridgehead atoms. The molecule has 0 atom stereocenters. The van der Waals surface area contributed by atoms with Crippen LogP contribution in [0.2, 0.25) is 0 Å². The van der Waals surface area contributed by atoms with Crippen molar-refractivity contribution in [2.24, 2.45) is 0 Å². The van der Waals surface area contributed by atoms with Crippen LogP contribution in [0.15, 0.2) is 60.7 Å². The van der Waals surface area contributed by atoms with E-state index >= 15 is 0 Å². The molecule has 1 N–H and O–H groups in total. The van der Waals surface area contributed by atoms with Gasteiger partial charge in [0.25, 0.3) is 0 Å². The predicted molar refractivity (Wildman–Crippen MR) is 85.6 cm³/mol. The van der Waals surface area contributed by atoms with Crippen LogP contribution < -0.4 is 4.74 Å². The highest BCUT2D eigenvalue weighted by molar-refractivity contribution is 6.00. The molecule has 1 aliphatic rings. The van der Waals surface area contributed by atoms with Crippen molar-refractivity contribution in [3.63, 3.8) is 0 Å². The minimum atomic E-state index is -1.39. The number of methoxy groups -OCH3 is 1. The van der Waals surface area contributed by atoms with Gasteiger partial charge in [0.15, 0.2) is 11.4 Å². The van der Waals surface area contributed by atoms with Crippen molar-refractivity contribution in [2.45, 2.75) is 5.60 Å². The third-order valence-electron chi connectivity index (χ3n) is 3.46. The van der Waals surface area contributed by atoms with Crippen LogP contribution in [0.25, 0.3) is 10.8 Å². The molecule has 2 aromatic rings. The zero-order valence-electron chi connectivity index (χ0n) is 12.0. The SMILES string of the molecule is COc1ccc2cc(C#CC3(O)C=CC(=O)C=C3)ccc2c1. The Bertz CT molecular complexity index is 847. The lowest BCUT2D eigenvalue weighted by Gasteiger charge is -2.14. The molecule has 0 saturated heterocycles. The molecule has 0 aromatic heterocycles. The van der Waals surface area contributed by atoms with Gasteiger partial charge in [-0.1, -0.05) is 24.0 Å². The molecule has 108 valence electrons. The highest BCUT2D eigenvalue weighted by Crippen LogP contribution is 2.22. The maximum absolute atomic E-state index is 11.1. The van der Waals surface area contributed by atoms with Gasteiger partial charge in [-0.2, -0.15) is 0 Å². The number of ketones is 1. The summed E-state index contributed by atoms with van der Waals surface area (Å²) in [7, 11) is 1.64. The fraction of sp³-hybridized carbons (Fsp3) is 0.105. The van der Waals surface area contributed by atoms with Crippen molar-refractivity contribution in [3.05, 3.63) is 66.3 Å². The van der Waals surface area contributed by atoms with Gasteiger partial charge in [-0.15, -0.1) is 0 Å². The van der Waals surface area contributed by atoms with E-state index in [-0.39, 0.29) is 5.78 Å². The Morgan fingerprint density at radius 1 is 1.05 bits per heavy atom. The molecule has 3 nitrogen and oxygen atoms in total. The number of benzene rings is 2. The van der Waals surface area contributed by atoms with E-state index in [1.165, 1.54) is 24.3 Å². The van der Waals surface area contributed by atoms with Crippen molar-refractivity contribution < 1.29 is 14.6 Å². The summed E-state index contributed by atoms with van der Waals surface area (Å²) >= 11 is 0. The number of carbonyl (C=O) groups excluding carboxylic acids is 1. The summed E-state index contributed by atoms with van der Waals surface area (Å²) in [5, 5.41) is 12.3. The first-order valence-corrected chi connectivity index (χ1v) is 6.84. The number of fused-ring (bicyclic) bond motifs is 1. The van der Waals surface area contributed by atoms with Gasteiger partial charge < -0.3 is 9.84 Å². The minimum absolute atomic E-state index is 0.147. The van der Waals surface area contributed by atoms with Crippen molar-refractivity contribution >= 4 is 16.6 Å². The van der Waals surface area contributed by atoms with Crippen LogP contribution >= 0.6 is 0 Å². The molecule has 3 rings (SSSR count).